The zero-order valence-corrected chi connectivity index (χ0v) is 30.3. The third-order valence-electron chi connectivity index (χ3n) is 9.87. The molecule has 13 heteroatoms. The number of aromatic nitrogens is 3. The van der Waals surface area contributed by atoms with Gasteiger partial charge in [0.1, 0.15) is 5.65 Å². The van der Waals surface area contributed by atoms with Crippen LogP contribution < -0.4 is 20.9 Å². The Morgan fingerprint density at radius 1 is 1.00 bits per heavy atom. The number of carbonyl (C=O) groups is 2. The molecule has 5 heterocycles. The predicted molar refractivity (Wildman–Crippen MR) is 201 cm³/mol. The van der Waals surface area contributed by atoms with Gasteiger partial charge >= 0.3 is 5.97 Å². The van der Waals surface area contributed by atoms with E-state index in [2.05, 4.69) is 15.6 Å². The molecule has 52 heavy (non-hydrogen) atoms. The lowest BCUT2D eigenvalue weighted by Gasteiger charge is -2.17. The summed E-state index contributed by atoms with van der Waals surface area (Å²) < 4.78 is 7.23. The van der Waals surface area contributed by atoms with Crippen molar-refractivity contribution in [3.8, 4) is 39.4 Å². The van der Waals surface area contributed by atoms with Gasteiger partial charge in [-0.15, -0.1) is 0 Å². The molecule has 0 bridgehead atoms. The van der Waals surface area contributed by atoms with E-state index in [1.807, 2.05) is 72.5 Å². The first-order valence-electron chi connectivity index (χ1n) is 17.2. The van der Waals surface area contributed by atoms with E-state index in [0.29, 0.717) is 84.1 Å². The van der Waals surface area contributed by atoms with Gasteiger partial charge in [-0.1, -0.05) is 65.7 Å². The van der Waals surface area contributed by atoms with Gasteiger partial charge in [-0.3, -0.25) is 23.7 Å². The highest BCUT2D eigenvalue weighted by atomic mass is 35.5. The summed E-state index contributed by atoms with van der Waals surface area (Å²) in [6.45, 7) is 4.43. The number of nitrogens with one attached hydrogen (secondary N) is 2. The number of carboxylic acids is 1. The maximum absolute atomic E-state index is 13.6. The quantitative estimate of drug-likeness (QED) is 0.149. The SMILES string of the molecule is COc1nc(-c2cccc(-c3cccc(-c4cc(C)n5c(=O)c(CN6CC[C@H](C(=O)O)C6)cnc5c4)c3Cl)c2Cl)ccc1CNC[C@@H]1CCC(=O)N1. The van der Waals surface area contributed by atoms with Crippen LogP contribution in [-0.4, -0.2) is 69.0 Å². The molecule has 7 rings (SSSR count). The number of hydrogen-bond acceptors (Lipinski definition) is 8. The van der Waals surface area contributed by atoms with Crippen molar-refractivity contribution in [2.24, 2.45) is 5.92 Å². The summed E-state index contributed by atoms with van der Waals surface area (Å²) in [6, 6.07) is 19.3. The summed E-state index contributed by atoms with van der Waals surface area (Å²) in [6.07, 6.45) is 3.53. The first kappa shape index (κ1) is 35.6. The van der Waals surface area contributed by atoms with E-state index in [1.165, 1.54) is 0 Å². The van der Waals surface area contributed by atoms with Crippen LogP contribution in [-0.2, 0) is 22.7 Å². The number of aryl methyl sites for hydroxylation is 1. The van der Waals surface area contributed by atoms with E-state index in [4.69, 9.17) is 32.9 Å². The number of likely N-dealkylation sites (tertiary alicyclic amines) is 1. The van der Waals surface area contributed by atoms with E-state index < -0.39 is 11.9 Å². The number of methoxy groups -OCH3 is 1. The van der Waals surface area contributed by atoms with Crippen molar-refractivity contribution in [2.75, 3.05) is 26.7 Å². The molecule has 5 aromatic rings. The zero-order valence-electron chi connectivity index (χ0n) is 28.8. The Balaban J connectivity index is 1.15. The summed E-state index contributed by atoms with van der Waals surface area (Å²) in [7, 11) is 1.59. The number of ether oxygens (including phenoxy) is 1. The second kappa shape index (κ2) is 15.0. The first-order chi connectivity index (χ1) is 25.1. The van der Waals surface area contributed by atoms with Gasteiger partial charge in [0.15, 0.2) is 0 Å². The standard InChI is InChI=1S/C39H38Cl2N6O5/c1-22-15-25(16-33-43-18-26(38(49)47(22)33)21-46-14-13-24(20-46)39(50)51)28-5-3-6-29(35(28)40)30-7-4-8-31(36(30)41)32-11-9-23(37(45-32)52-2)17-42-19-27-10-12-34(48)44-27/h3-9,11,15-16,18,24,27,42H,10,12-14,17,19-21H2,1-2H3,(H,44,48)(H,50,51)/t24-,27-/m0/s1. The second-order valence-corrected chi connectivity index (χ2v) is 14.1. The largest absolute Gasteiger partial charge is 0.481 e. The van der Waals surface area contributed by atoms with Gasteiger partial charge in [-0.25, -0.2) is 9.97 Å². The number of rotatable bonds is 11. The molecule has 0 unspecified atom stereocenters. The maximum Gasteiger partial charge on any atom is 0.307 e. The smallest absolute Gasteiger partial charge is 0.307 e. The van der Waals surface area contributed by atoms with Crippen molar-refractivity contribution < 1.29 is 19.4 Å². The molecule has 0 radical (unpaired) electrons. The monoisotopic (exact) mass is 740 g/mol. The molecule has 2 aromatic carbocycles. The van der Waals surface area contributed by atoms with E-state index in [1.54, 1.807) is 17.7 Å². The summed E-state index contributed by atoms with van der Waals surface area (Å²) in [5.74, 6) is -0.655. The fourth-order valence-corrected chi connectivity index (χ4v) is 7.80. The van der Waals surface area contributed by atoms with Crippen LogP contribution in [0.4, 0.5) is 0 Å². The highest BCUT2D eigenvalue weighted by Gasteiger charge is 2.28. The van der Waals surface area contributed by atoms with Crippen LogP contribution in [0.2, 0.25) is 10.0 Å². The van der Waals surface area contributed by atoms with Crippen LogP contribution >= 0.6 is 23.2 Å². The van der Waals surface area contributed by atoms with Crippen LogP contribution in [0.5, 0.6) is 5.88 Å². The van der Waals surface area contributed by atoms with Crippen molar-refractivity contribution in [1.82, 2.24) is 29.9 Å². The lowest BCUT2D eigenvalue weighted by molar-refractivity contribution is -0.141. The van der Waals surface area contributed by atoms with Gasteiger partial charge in [-0.05, 0) is 50.1 Å². The van der Waals surface area contributed by atoms with Crippen molar-refractivity contribution in [3.63, 3.8) is 0 Å². The molecule has 2 atom stereocenters. The van der Waals surface area contributed by atoms with E-state index >= 15 is 0 Å². The molecule has 268 valence electrons. The van der Waals surface area contributed by atoms with Crippen molar-refractivity contribution in [3.05, 3.63) is 104 Å². The third kappa shape index (κ3) is 7.14. The minimum atomic E-state index is -0.807. The van der Waals surface area contributed by atoms with E-state index in [0.717, 1.165) is 39.8 Å². The number of nitrogens with zero attached hydrogens (tertiary/aromatic N) is 4. The normalized spacial score (nSPS) is 17.5. The average Bonchev–Trinajstić information content (AvgIpc) is 3.78. The first-order valence-corrected chi connectivity index (χ1v) is 18.0. The van der Waals surface area contributed by atoms with Crippen LogP contribution in [0, 0.1) is 12.8 Å². The van der Waals surface area contributed by atoms with Gasteiger partial charge < -0.3 is 20.5 Å². The van der Waals surface area contributed by atoms with Crippen LogP contribution in [0.25, 0.3) is 39.2 Å². The molecule has 0 aliphatic carbocycles. The molecule has 11 nitrogen and oxygen atoms in total. The Morgan fingerprint density at radius 3 is 2.42 bits per heavy atom. The van der Waals surface area contributed by atoms with Gasteiger partial charge in [0, 0.05) is 78.3 Å². The van der Waals surface area contributed by atoms with Gasteiger partial charge in [0.2, 0.25) is 11.8 Å². The van der Waals surface area contributed by atoms with Crippen molar-refractivity contribution in [2.45, 2.75) is 45.3 Å². The minimum Gasteiger partial charge on any atom is -0.481 e. The predicted octanol–water partition coefficient (Wildman–Crippen LogP) is 5.99. The molecular weight excluding hydrogens is 703 g/mol. The van der Waals surface area contributed by atoms with Gasteiger partial charge in [-0.2, -0.15) is 0 Å². The number of amides is 1. The number of fused-ring (bicyclic) bond motifs is 1. The number of carboxylic acid groups (broad SMARTS) is 1. The molecule has 2 saturated heterocycles. The zero-order chi connectivity index (χ0) is 36.5. The Labute approximate surface area is 310 Å². The summed E-state index contributed by atoms with van der Waals surface area (Å²) in [5, 5.41) is 16.7. The number of pyridine rings is 2. The fourth-order valence-electron chi connectivity index (χ4n) is 7.14. The molecule has 1 amide bonds. The van der Waals surface area contributed by atoms with Crippen LogP contribution in [0.3, 0.4) is 0 Å². The molecule has 3 aromatic heterocycles. The average molecular weight is 742 g/mol. The number of halogens is 2. The van der Waals surface area contributed by atoms with Crippen LogP contribution in [0.15, 0.2) is 71.7 Å². The summed E-state index contributed by atoms with van der Waals surface area (Å²) >= 11 is 14.3. The van der Waals surface area contributed by atoms with Gasteiger partial charge in [0.05, 0.1) is 34.3 Å². The molecule has 2 aliphatic rings. The molecule has 3 N–H and O–H groups in total. The lowest BCUT2D eigenvalue weighted by atomic mass is 9.96. The summed E-state index contributed by atoms with van der Waals surface area (Å²) in [4.78, 5) is 47.9. The summed E-state index contributed by atoms with van der Waals surface area (Å²) in [5.41, 5.74) is 6.81. The molecule has 0 spiro atoms. The second-order valence-electron chi connectivity index (χ2n) is 13.4. The molecule has 2 fully saturated rings. The van der Waals surface area contributed by atoms with E-state index in [9.17, 15) is 19.5 Å². The van der Waals surface area contributed by atoms with E-state index in [-0.39, 0.29) is 17.5 Å². The number of benzene rings is 2. The highest BCUT2D eigenvalue weighted by molar-refractivity contribution is 6.39. The van der Waals surface area contributed by atoms with Crippen molar-refractivity contribution in [1.29, 1.82) is 0 Å². The number of carbonyl (C=O) groups excluding carboxylic acids is 1. The van der Waals surface area contributed by atoms with Gasteiger partial charge in [0.25, 0.3) is 5.56 Å². The molecule has 2 aliphatic heterocycles. The Morgan fingerprint density at radius 2 is 1.73 bits per heavy atom. The topological polar surface area (TPSA) is 138 Å². The minimum absolute atomic E-state index is 0.0881. The Hall–Kier alpha value is -4.81. The lowest BCUT2D eigenvalue weighted by Crippen LogP contribution is -2.35. The van der Waals surface area contributed by atoms with Crippen molar-refractivity contribution >= 4 is 40.7 Å². The maximum atomic E-state index is 13.6. The Bertz CT molecular complexity index is 2260. The molecule has 0 saturated carbocycles. The highest BCUT2D eigenvalue weighted by Crippen LogP contribution is 2.42. The molecular formula is C39H38Cl2N6O5. The Kier molecular flexibility index (Phi) is 10.3. The number of hydrogen-bond donors (Lipinski definition) is 3. The fraction of sp³-hybridized carbons (Fsp3) is 0.308. The van der Waals surface area contributed by atoms with Crippen LogP contribution in [0.1, 0.15) is 36.1 Å². The third-order valence-corrected chi connectivity index (χ3v) is 10.7. The number of aliphatic carboxylic acids is 1.